The minimum absolute atomic E-state index is 0.111. The van der Waals surface area contributed by atoms with Gasteiger partial charge in [-0.3, -0.25) is 9.36 Å². The molecule has 1 fully saturated rings. The predicted octanol–water partition coefficient (Wildman–Crippen LogP) is 5.99. The molecule has 0 radical (unpaired) electrons. The van der Waals surface area contributed by atoms with E-state index < -0.39 is 11.7 Å². The van der Waals surface area contributed by atoms with Gasteiger partial charge in [0.2, 0.25) is 0 Å². The molecular formula is C28H26F3N3O2. The second-order valence-electron chi connectivity index (χ2n) is 9.33. The zero-order valence-electron chi connectivity index (χ0n) is 20.2. The Labute approximate surface area is 206 Å². The molecule has 4 aromatic rings. The smallest absolute Gasteiger partial charge is 0.372 e. The lowest BCUT2D eigenvalue weighted by atomic mass is 9.95. The Morgan fingerprint density at radius 2 is 1.67 bits per heavy atom. The highest BCUT2D eigenvalue weighted by molar-refractivity contribution is 5.98. The van der Waals surface area contributed by atoms with Crippen LogP contribution in [0.3, 0.4) is 0 Å². The fraction of sp³-hybridized carbons (Fsp3) is 0.286. The van der Waals surface area contributed by atoms with Crippen LogP contribution in [0.5, 0.6) is 0 Å². The molecule has 0 saturated carbocycles. The minimum Gasteiger partial charge on any atom is -0.372 e. The van der Waals surface area contributed by atoms with Crippen LogP contribution in [0.15, 0.2) is 71.8 Å². The summed E-state index contributed by atoms with van der Waals surface area (Å²) >= 11 is 0. The molecular weight excluding hydrogens is 467 g/mol. The second kappa shape index (κ2) is 9.09. The van der Waals surface area contributed by atoms with E-state index in [1.165, 1.54) is 12.1 Å². The molecule has 3 heterocycles. The number of ether oxygens (including phenoxy) is 1. The third-order valence-electron chi connectivity index (χ3n) is 6.51. The molecule has 0 bridgehead atoms. The number of nitrogens with zero attached hydrogens (tertiary/aromatic N) is 3. The van der Waals surface area contributed by atoms with Gasteiger partial charge >= 0.3 is 6.18 Å². The van der Waals surface area contributed by atoms with Crippen LogP contribution in [0.4, 0.5) is 19.0 Å². The summed E-state index contributed by atoms with van der Waals surface area (Å²) in [5.74, 6) is 0.830. The summed E-state index contributed by atoms with van der Waals surface area (Å²) in [5.41, 5.74) is 1.89. The van der Waals surface area contributed by atoms with Gasteiger partial charge in [-0.1, -0.05) is 24.3 Å². The highest BCUT2D eigenvalue weighted by atomic mass is 19.4. The summed E-state index contributed by atoms with van der Waals surface area (Å²) in [6.07, 6.45) is -0.733. The molecule has 2 aromatic heterocycles. The van der Waals surface area contributed by atoms with Gasteiger partial charge in [0.05, 0.1) is 29.7 Å². The Bertz CT molecular complexity index is 1450. The summed E-state index contributed by atoms with van der Waals surface area (Å²) in [5, 5.41) is 1.21. The minimum atomic E-state index is -4.40. The fourth-order valence-electron chi connectivity index (χ4n) is 4.95. The van der Waals surface area contributed by atoms with Crippen molar-refractivity contribution >= 4 is 16.6 Å². The molecule has 36 heavy (non-hydrogen) atoms. The average Bonchev–Trinajstić information content (AvgIpc) is 2.85. The molecule has 1 saturated heterocycles. The number of rotatable bonds is 3. The Kier molecular flexibility index (Phi) is 6.08. The summed E-state index contributed by atoms with van der Waals surface area (Å²) in [6.45, 7) is 7.46. The van der Waals surface area contributed by atoms with Crippen molar-refractivity contribution in [1.29, 1.82) is 0 Å². The predicted molar refractivity (Wildman–Crippen MR) is 135 cm³/mol. The van der Waals surface area contributed by atoms with Crippen molar-refractivity contribution in [2.24, 2.45) is 0 Å². The summed E-state index contributed by atoms with van der Waals surface area (Å²) < 4.78 is 46.4. The molecule has 8 heteroatoms. The number of halogens is 3. The van der Waals surface area contributed by atoms with Gasteiger partial charge in [-0.05, 0) is 73.2 Å². The number of fused-ring (bicyclic) bond motifs is 1. The van der Waals surface area contributed by atoms with E-state index in [0.717, 1.165) is 42.0 Å². The molecule has 1 aliphatic rings. The van der Waals surface area contributed by atoms with Crippen LogP contribution in [0.2, 0.25) is 0 Å². The van der Waals surface area contributed by atoms with E-state index in [9.17, 15) is 18.0 Å². The Morgan fingerprint density at radius 1 is 0.972 bits per heavy atom. The number of aryl methyl sites for hydroxylation is 1. The molecule has 0 aliphatic carbocycles. The summed E-state index contributed by atoms with van der Waals surface area (Å²) in [7, 11) is 0. The average molecular weight is 494 g/mol. The molecule has 186 valence electrons. The first kappa shape index (κ1) is 24.1. The van der Waals surface area contributed by atoms with E-state index in [4.69, 9.17) is 4.74 Å². The second-order valence-corrected chi connectivity index (χ2v) is 9.33. The van der Waals surface area contributed by atoms with Crippen LogP contribution in [-0.2, 0) is 10.9 Å². The lowest BCUT2D eigenvalue weighted by Gasteiger charge is -2.36. The first-order chi connectivity index (χ1) is 17.1. The number of alkyl halides is 3. The van der Waals surface area contributed by atoms with Gasteiger partial charge in [0.1, 0.15) is 5.82 Å². The van der Waals surface area contributed by atoms with Crippen molar-refractivity contribution in [2.75, 3.05) is 18.0 Å². The van der Waals surface area contributed by atoms with Crippen LogP contribution in [0.25, 0.3) is 27.6 Å². The Morgan fingerprint density at radius 3 is 2.28 bits per heavy atom. The molecule has 1 unspecified atom stereocenters. The number of aromatic nitrogens is 2. The molecule has 2 aromatic carbocycles. The van der Waals surface area contributed by atoms with Crippen molar-refractivity contribution in [1.82, 2.24) is 9.55 Å². The number of hydrogen-bond acceptors (Lipinski definition) is 4. The van der Waals surface area contributed by atoms with E-state index >= 15 is 0 Å². The number of hydrogen-bond donors (Lipinski definition) is 0. The van der Waals surface area contributed by atoms with Crippen LogP contribution in [-0.4, -0.2) is 34.8 Å². The van der Waals surface area contributed by atoms with Gasteiger partial charge in [0, 0.05) is 24.7 Å². The molecule has 0 amide bonds. The third kappa shape index (κ3) is 4.48. The van der Waals surface area contributed by atoms with E-state index in [1.54, 1.807) is 29.1 Å². The van der Waals surface area contributed by atoms with Gasteiger partial charge in [0.25, 0.3) is 5.56 Å². The van der Waals surface area contributed by atoms with Crippen LogP contribution in [0.1, 0.15) is 25.0 Å². The summed E-state index contributed by atoms with van der Waals surface area (Å²) in [4.78, 5) is 20.3. The maximum Gasteiger partial charge on any atom is 0.416 e. The lowest BCUT2D eigenvalue weighted by Crippen LogP contribution is -2.45. The van der Waals surface area contributed by atoms with E-state index in [1.807, 2.05) is 39.0 Å². The first-order valence-corrected chi connectivity index (χ1v) is 11.8. The maximum atomic E-state index is 13.5. The van der Waals surface area contributed by atoms with Gasteiger partial charge in [-0.15, -0.1) is 0 Å². The van der Waals surface area contributed by atoms with Crippen molar-refractivity contribution in [2.45, 2.75) is 39.2 Å². The number of pyridine rings is 2. The normalized spacial score (nSPS) is 18.6. The highest BCUT2D eigenvalue weighted by Gasteiger charge is 2.30. The standard InChI is InChI=1S/C28H26F3N3O2/c1-17-14-34(22-11-12-25(32-13-22)33-15-18(2)36-19(3)16-33)27(35)24-6-4-5-23(26(17)24)20-7-9-21(10-8-20)28(29,30)31/h4-14,18-19H,15-16H2,1-3H3/t18-,19?/m1/s1. The van der Waals surface area contributed by atoms with E-state index in [-0.39, 0.29) is 17.8 Å². The molecule has 5 rings (SSSR count). The van der Waals surface area contributed by atoms with Crippen molar-refractivity contribution in [3.8, 4) is 16.8 Å². The van der Waals surface area contributed by atoms with E-state index in [0.29, 0.717) is 22.2 Å². The molecule has 0 spiro atoms. The number of morpholine rings is 1. The maximum absolute atomic E-state index is 13.5. The Balaban J connectivity index is 1.53. The number of benzene rings is 2. The van der Waals surface area contributed by atoms with Crippen LogP contribution in [0, 0.1) is 6.92 Å². The SMILES string of the molecule is Cc1cn(-c2ccc(N3CC(C)O[C@H](C)C3)nc2)c(=O)c2cccc(-c3ccc(C(F)(F)F)cc3)c12. The summed E-state index contributed by atoms with van der Waals surface area (Å²) in [6, 6.07) is 14.1. The van der Waals surface area contributed by atoms with Crippen molar-refractivity contribution < 1.29 is 17.9 Å². The van der Waals surface area contributed by atoms with Gasteiger partial charge in [-0.25, -0.2) is 4.98 Å². The third-order valence-corrected chi connectivity index (χ3v) is 6.51. The lowest BCUT2D eigenvalue weighted by molar-refractivity contribution is -0.137. The van der Waals surface area contributed by atoms with E-state index in [2.05, 4.69) is 9.88 Å². The first-order valence-electron chi connectivity index (χ1n) is 11.8. The number of anilines is 1. The Hall–Kier alpha value is -3.65. The fourth-order valence-corrected chi connectivity index (χ4v) is 4.95. The molecule has 0 N–H and O–H groups in total. The van der Waals surface area contributed by atoms with Crippen molar-refractivity contribution in [3.63, 3.8) is 0 Å². The molecule has 5 nitrogen and oxygen atoms in total. The zero-order chi connectivity index (χ0) is 25.6. The van der Waals surface area contributed by atoms with Crippen LogP contribution < -0.4 is 10.5 Å². The van der Waals surface area contributed by atoms with Crippen molar-refractivity contribution in [3.05, 3.63) is 88.5 Å². The van der Waals surface area contributed by atoms with Gasteiger partial charge in [-0.2, -0.15) is 13.2 Å². The highest BCUT2D eigenvalue weighted by Crippen LogP contribution is 2.34. The largest absolute Gasteiger partial charge is 0.416 e. The molecule has 1 aliphatic heterocycles. The van der Waals surface area contributed by atoms with Crippen LogP contribution >= 0.6 is 0 Å². The quantitative estimate of drug-likeness (QED) is 0.352. The monoisotopic (exact) mass is 493 g/mol. The zero-order valence-corrected chi connectivity index (χ0v) is 20.2. The molecule has 2 atom stereocenters. The topological polar surface area (TPSA) is 47.4 Å². The van der Waals surface area contributed by atoms with Gasteiger partial charge < -0.3 is 9.64 Å². The van der Waals surface area contributed by atoms with Gasteiger partial charge in [0.15, 0.2) is 0 Å².